The zero-order chi connectivity index (χ0) is 8.06. The quantitative estimate of drug-likeness (QED) is 0.538. The second kappa shape index (κ2) is 1.84. The van der Waals surface area contributed by atoms with Gasteiger partial charge in [0.25, 0.3) is 0 Å². The van der Waals surface area contributed by atoms with Gasteiger partial charge in [-0.2, -0.15) is 0 Å². The highest BCUT2D eigenvalue weighted by Crippen LogP contribution is 2.32. The molecule has 2 rings (SSSR count). The largest absolute Gasteiger partial charge is 0.364 e. The topological polar surface area (TPSA) is 78.1 Å². The standard InChI is InChI=1S/C7H11N3O/c1-7(9)4-3-11-10-5(4)2-6(7)8/h3,6H,2,8-9H2,1H3. The smallest absolute Gasteiger partial charge is 0.129 e. The maximum absolute atomic E-state index is 5.95. The van der Waals surface area contributed by atoms with Crippen molar-refractivity contribution in [3.8, 4) is 0 Å². The van der Waals surface area contributed by atoms with Crippen LogP contribution < -0.4 is 11.5 Å². The first kappa shape index (κ1) is 6.82. The molecule has 1 aliphatic rings. The summed E-state index contributed by atoms with van der Waals surface area (Å²) in [6, 6.07) is -0.0311. The van der Waals surface area contributed by atoms with E-state index in [0.717, 1.165) is 17.7 Å². The molecule has 4 heteroatoms. The summed E-state index contributed by atoms with van der Waals surface area (Å²) >= 11 is 0. The summed E-state index contributed by atoms with van der Waals surface area (Å²) in [6.45, 7) is 1.90. The Balaban J connectivity index is 2.52. The molecule has 60 valence electrons. The predicted molar refractivity (Wildman–Crippen MR) is 39.7 cm³/mol. The third kappa shape index (κ3) is 0.735. The Morgan fingerprint density at radius 3 is 3.18 bits per heavy atom. The molecular weight excluding hydrogens is 142 g/mol. The summed E-state index contributed by atoms with van der Waals surface area (Å²) in [4.78, 5) is 0. The van der Waals surface area contributed by atoms with Crippen LogP contribution in [0.4, 0.5) is 0 Å². The highest BCUT2D eigenvalue weighted by Gasteiger charge is 2.40. The van der Waals surface area contributed by atoms with E-state index in [4.69, 9.17) is 16.0 Å². The first-order chi connectivity index (χ1) is 5.12. The molecule has 1 aromatic rings. The molecular formula is C7H11N3O. The van der Waals surface area contributed by atoms with Crippen LogP contribution in [0.2, 0.25) is 0 Å². The maximum atomic E-state index is 5.95. The van der Waals surface area contributed by atoms with Crippen molar-refractivity contribution in [3.63, 3.8) is 0 Å². The molecule has 0 spiro atoms. The summed E-state index contributed by atoms with van der Waals surface area (Å²) in [6.07, 6.45) is 2.31. The molecule has 11 heavy (non-hydrogen) atoms. The molecule has 1 aliphatic carbocycles. The van der Waals surface area contributed by atoms with Crippen LogP contribution in [0.3, 0.4) is 0 Å². The van der Waals surface area contributed by atoms with Crippen molar-refractivity contribution < 1.29 is 4.52 Å². The molecule has 0 amide bonds. The van der Waals surface area contributed by atoms with Crippen molar-refractivity contribution >= 4 is 0 Å². The van der Waals surface area contributed by atoms with Crippen LogP contribution in [0.1, 0.15) is 18.2 Å². The number of nitrogens with two attached hydrogens (primary N) is 2. The van der Waals surface area contributed by atoms with Gasteiger partial charge in [0.2, 0.25) is 0 Å². The normalized spacial score (nSPS) is 35.7. The van der Waals surface area contributed by atoms with Gasteiger partial charge in [0, 0.05) is 18.0 Å². The van der Waals surface area contributed by atoms with E-state index in [0.29, 0.717) is 0 Å². The number of hydrogen-bond donors (Lipinski definition) is 2. The first-order valence-corrected chi connectivity index (χ1v) is 3.60. The minimum Gasteiger partial charge on any atom is -0.364 e. The lowest BCUT2D eigenvalue weighted by atomic mass is 9.94. The molecule has 4 nitrogen and oxygen atoms in total. The molecule has 0 aromatic carbocycles. The fourth-order valence-corrected chi connectivity index (χ4v) is 1.47. The van der Waals surface area contributed by atoms with Crippen LogP contribution in [0.5, 0.6) is 0 Å². The van der Waals surface area contributed by atoms with Crippen molar-refractivity contribution in [1.29, 1.82) is 0 Å². The van der Waals surface area contributed by atoms with Gasteiger partial charge in [-0.3, -0.25) is 0 Å². The highest BCUT2D eigenvalue weighted by molar-refractivity contribution is 5.33. The highest BCUT2D eigenvalue weighted by atomic mass is 16.5. The number of rotatable bonds is 0. The summed E-state index contributed by atoms with van der Waals surface area (Å²) in [5.74, 6) is 0. The van der Waals surface area contributed by atoms with Gasteiger partial charge in [0.1, 0.15) is 6.26 Å². The lowest BCUT2D eigenvalue weighted by Crippen LogP contribution is -2.47. The summed E-state index contributed by atoms with van der Waals surface area (Å²) in [5.41, 5.74) is 13.1. The minimum atomic E-state index is -0.463. The van der Waals surface area contributed by atoms with Crippen molar-refractivity contribution in [1.82, 2.24) is 5.16 Å². The van der Waals surface area contributed by atoms with E-state index < -0.39 is 5.54 Å². The van der Waals surface area contributed by atoms with Crippen LogP contribution in [-0.4, -0.2) is 11.2 Å². The lowest BCUT2D eigenvalue weighted by Gasteiger charge is -2.22. The number of hydrogen-bond acceptors (Lipinski definition) is 4. The average Bonchev–Trinajstić information content (AvgIpc) is 2.41. The van der Waals surface area contributed by atoms with E-state index in [1.54, 1.807) is 6.26 Å². The Kier molecular flexibility index (Phi) is 1.14. The predicted octanol–water partition coefficient (Wildman–Crippen LogP) is -0.268. The second-order valence-corrected chi connectivity index (χ2v) is 3.27. The van der Waals surface area contributed by atoms with Crippen LogP contribution in [0.25, 0.3) is 0 Å². The molecule has 0 saturated heterocycles. The molecule has 4 N–H and O–H groups in total. The monoisotopic (exact) mass is 153 g/mol. The number of aromatic nitrogens is 1. The Labute approximate surface area is 64.5 Å². The van der Waals surface area contributed by atoms with E-state index in [1.165, 1.54) is 0 Å². The minimum absolute atomic E-state index is 0.0311. The van der Waals surface area contributed by atoms with Crippen molar-refractivity contribution in [2.45, 2.75) is 24.9 Å². The van der Waals surface area contributed by atoms with E-state index in [-0.39, 0.29) is 6.04 Å². The molecule has 0 saturated carbocycles. The Morgan fingerprint density at radius 2 is 2.55 bits per heavy atom. The number of fused-ring (bicyclic) bond motifs is 1. The maximum Gasteiger partial charge on any atom is 0.129 e. The Hall–Kier alpha value is -0.870. The van der Waals surface area contributed by atoms with Crippen LogP contribution in [0, 0.1) is 0 Å². The first-order valence-electron chi connectivity index (χ1n) is 3.60. The van der Waals surface area contributed by atoms with Gasteiger partial charge >= 0.3 is 0 Å². The van der Waals surface area contributed by atoms with Gasteiger partial charge in [0.15, 0.2) is 0 Å². The van der Waals surface area contributed by atoms with Crippen molar-refractivity contribution in [3.05, 3.63) is 17.5 Å². The fourth-order valence-electron chi connectivity index (χ4n) is 1.47. The third-order valence-corrected chi connectivity index (χ3v) is 2.41. The summed E-state index contributed by atoms with van der Waals surface area (Å²) in [7, 11) is 0. The molecule has 1 aromatic heterocycles. The molecule has 2 unspecified atom stereocenters. The lowest BCUT2D eigenvalue weighted by molar-refractivity contribution is 0.370. The Morgan fingerprint density at radius 1 is 1.82 bits per heavy atom. The molecule has 0 radical (unpaired) electrons. The van der Waals surface area contributed by atoms with Crippen molar-refractivity contribution in [2.24, 2.45) is 11.5 Å². The SMILES string of the molecule is CC1(N)c2conc2CC1N. The molecule has 1 heterocycles. The van der Waals surface area contributed by atoms with E-state index >= 15 is 0 Å². The van der Waals surface area contributed by atoms with E-state index in [2.05, 4.69) is 5.16 Å². The van der Waals surface area contributed by atoms with E-state index in [9.17, 15) is 0 Å². The zero-order valence-corrected chi connectivity index (χ0v) is 6.37. The van der Waals surface area contributed by atoms with Crippen LogP contribution in [0.15, 0.2) is 10.8 Å². The van der Waals surface area contributed by atoms with Crippen LogP contribution >= 0.6 is 0 Å². The zero-order valence-electron chi connectivity index (χ0n) is 6.37. The molecule has 0 aliphatic heterocycles. The van der Waals surface area contributed by atoms with Gasteiger partial charge in [-0.15, -0.1) is 0 Å². The third-order valence-electron chi connectivity index (χ3n) is 2.41. The molecule has 0 fully saturated rings. The number of nitrogens with zero attached hydrogens (tertiary/aromatic N) is 1. The van der Waals surface area contributed by atoms with Gasteiger partial charge in [-0.25, -0.2) is 0 Å². The van der Waals surface area contributed by atoms with Gasteiger partial charge in [0.05, 0.1) is 11.2 Å². The second-order valence-electron chi connectivity index (χ2n) is 3.27. The summed E-state index contributed by atoms with van der Waals surface area (Å²) < 4.78 is 4.79. The van der Waals surface area contributed by atoms with Gasteiger partial charge in [-0.1, -0.05) is 5.16 Å². The Bertz CT molecular complexity index is 279. The van der Waals surface area contributed by atoms with Crippen LogP contribution in [-0.2, 0) is 12.0 Å². The van der Waals surface area contributed by atoms with Crippen molar-refractivity contribution in [2.75, 3.05) is 0 Å². The average molecular weight is 153 g/mol. The van der Waals surface area contributed by atoms with E-state index in [1.807, 2.05) is 6.92 Å². The summed E-state index contributed by atoms with van der Waals surface area (Å²) in [5, 5.41) is 3.81. The van der Waals surface area contributed by atoms with Gasteiger partial charge < -0.3 is 16.0 Å². The van der Waals surface area contributed by atoms with Gasteiger partial charge in [-0.05, 0) is 6.92 Å². The molecule has 0 bridgehead atoms. The fraction of sp³-hybridized carbons (Fsp3) is 0.571. The molecule has 2 atom stereocenters.